The number of rotatable bonds is 5. The molecule has 0 bridgehead atoms. The second-order valence-corrected chi connectivity index (χ2v) is 13.4. The molecule has 0 aromatic heterocycles. The van der Waals surface area contributed by atoms with Crippen LogP contribution >= 0.6 is 0 Å². The zero-order valence-corrected chi connectivity index (χ0v) is 18.3. The first-order chi connectivity index (χ1) is 14.5. The molecule has 2 aliphatic rings. The number of nitrogens with two attached hydrogens (primary N) is 3. The molecule has 0 saturated heterocycles. The minimum atomic E-state index is -4.95. The molecule has 156 valence electrons. The molecule has 3 aromatic carbocycles. The summed E-state index contributed by atoms with van der Waals surface area (Å²) in [4.78, 5) is 0. The van der Waals surface area contributed by atoms with Crippen LogP contribution in [0.15, 0.2) is 60.7 Å². The quantitative estimate of drug-likeness (QED) is 0.386. The fourth-order valence-electron chi connectivity index (χ4n) is 3.76. The van der Waals surface area contributed by atoms with E-state index in [1.165, 1.54) is 0 Å². The number of nitrogen functional groups attached to an aromatic ring is 1. The van der Waals surface area contributed by atoms with Gasteiger partial charge >= 0.3 is 177 Å². The van der Waals surface area contributed by atoms with Crippen molar-refractivity contribution in [1.29, 1.82) is 0 Å². The molecular weight excluding hydrogens is 445 g/mol. The Morgan fingerprint density at radius 2 is 1.07 bits per heavy atom. The second-order valence-electron chi connectivity index (χ2n) is 7.41. The minimum absolute atomic E-state index is 0.549. The van der Waals surface area contributed by atoms with Gasteiger partial charge in [0.05, 0.1) is 0 Å². The SMILES string of the molecule is NCCc1ccc2c(c1)O[As]1(c3ccc(N)cc3)(O2)Oc2ccc(CCN)cc2O1. The zero-order chi connectivity index (χ0) is 20.8. The summed E-state index contributed by atoms with van der Waals surface area (Å²) in [5.41, 5.74) is 20.1. The Bertz CT molecular complexity index is 1050. The van der Waals surface area contributed by atoms with Crippen LogP contribution in [-0.2, 0) is 12.8 Å². The molecule has 8 heteroatoms. The summed E-state index contributed by atoms with van der Waals surface area (Å²) >= 11 is -4.95. The summed E-state index contributed by atoms with van der Waals surface area (Å²) in [5, 5.41) is 0. The van der Waals surface area contributed by atoms with Crippen LogP contribution < -0.4 is 36.5 Å². The van der Waals surface area contributed by atoms with Gasteiger partial charge in [-0.25, -0.2) is 0 Å². The molecule has 0 fully saturated rings. The zero-order valence-electron chi connectivity index (χ0n) is 16.4. The van der Waals surface area contributed by atoms with E-state index in [1.54, 1.807) is 12.1 Å². The molecule has 30 heavy (non-hydrogen) atoms. The van der Waals surface area contributed by atoms with Crippen molar-refractivity contribution in [3.8, 4) is 23.0 Å². The Morgan fingerprint density at radius 1 is 0.600 bits per heavy atom. The van der Waals surface area contributed by atoms with Crippen molar-refractivity contribution in [2.45, 2.75) is 12.8 Å². The van der Waals surface area contributed by atoms with Gasteiger partial charge in [-0.15, -0.1) is 0 Å². The number of fused-ring (bicyclic) bond motifs is 2. The van der Waals surface area contributed by atoms with E-state index in [9.17, 15) is 0 Å². The number of anilines is 1. The molecule has 3 aromatic rings. The van der Waals surface area contributed by atoms with Crippen LogP contribution in [0.4, 0.5) is 5.69 Å². The van der Waals surface area contributed by atoms with Crippen LogP contribution in [0.3, 0.4) is 0 Å². The molecule has 0 radical (unpaired) electrons. The third-order valence-corrected chi connectivity index (χ3v) is 11.9. The van der Waals surface area contributed by atoms with Crippen LogP contribution in [0.2, 0.25) is 0 Å². The van der Waals surface area contributed by atoms with Crippen LogP contribution in [0.1, 0.15) is 11.1 Å². The monoisotopic (exact) mass is 469 g/mol. The molecule has 5 rings (SSSR count). The molecule has 1 spiro atoms. The van der Waals surface area contributed by atoms with Crippen LogP contribution in [-0.4, -0.2) is 26.9 Å². The van der Waals surface area contributed by atoms with Gasteiger partial charge in [0.15, 0.2) is 0 Å². The summed E-state index contributed by atoms with van der Waals surface area (Å²) in [6, 6.07) is 18.9. The first kappa shape index (κ1) is 19.1. The van der Waals surface area contributed by atoms with Gasteiger partial charge in [0, 0.05) is 0 Å². The normalized spacial score (nSPS) is 18.1. The molecule has 2 heterocycles. The third-order valence-electron chi connectivity index (χ3n) is 5.22. The maximum absolute atomic E-state index is 6.54. The Balaban J connectivity index is 1.63. The van der Waals surface area contributed by atoms with Gasteiger partial charge in [0.25, 0.3) is 0 Å². The van der Waals surface area contributed by atoms with Gasteiger partial charge in [-0.3, -0.25) is 0 Å². The summed E-state index contributed by atoms with van der Waals surface area (Å²) in [6.45, 7) is 1.10. The molecule has 7 nitrogen and oxygen atoms in total. The van der Waals surface area contributed by atoms with E-state index in [1.807, 2.05) is 48.5 Å². The molecule has 6 N–H and O–H groups in total. The molecule has 2 aliphatic heterocycles. The predicted octanol–water partition coefficient (Wildman–Crippen LogP) is 1.81. The van der Waals surface area contributed by atoms with Gasteiger partial charge in [-0.2, -0.15) is 0 Å². The topological polar surface area (TPSA) is 115 Å². The average Bonchev–Trinajstić information content (AvgIpc) is 3.23. The fourth-order valence-corrected chi connectivity index (χ4v) is 10.5. The van der Waals surface area contributed by atoms with Crippen molar-refractivity contribution in [1.82, 2.24) is 0 Å². The Hall–Kier alpha value is -2.86. The summed E-state index contributed by atoms with van der Waals surface area (Å²) < 4.78 is 26.8. The summed E-state index contributed by atoms with van der Waals surface area (Å²) in [7, 11) is 0. The average molecular weight is 469 g/mol. The second kappa shape index (κ2) is 6.84. The first-order valence-corrected chi connectivity index (χ1v) is 13.9. The maximum atomic E-state index is 6.54. The van der Waals surface area contributed by atoms with Crippen LogP contribution in [0.5, 0.6) is 23.0 Å². The van der Waals surface area contributed by atoms with Crippen molar-refractivity contribution in [2.75, 3.05) is 18.8 Å². The molecule has 0 unspecified atom stereocenters. The van der Waals surface area contributed by atoms with Gasteiger partial charge in [-0.1, -0.05) is 0 Å². The van der Waals surface area contributed by atoms with Crippen molar-refractivity contribution < 1.29 is 14.9 Å². The Morgan fingerprint density at radius 3 is 1.53 bits per heavy atom. The molecule has 0 saturated carbocycles. The van der Waals surface area contributed by atoms with E-state index in [-0.39, 0.29) is 0 Å². The van der Waals surface area contributed by atoms with Crippen molar-refractivity contribution in [3.63, 3.8) is 0 Å². The predicted molar refractivity (Wildman–Crippen MR) is 117 cm³/mol. The van der Waals surface area contributed by atoms with Crippen molar-refractivity contribution in [3.05, 3.63) is 71.8 Å². The molecule has 0 atom stereocenters. The van der Waals surface area contributed by atoms with Gasteiger partial charge in [0.1, 0.15) is 0 Å². The van der Waals surface area contributed by atoms with Crippen LogP contribution in [0.25, 0.3) is 0 Å². The third kappa shape index (κ3) is 2.89. The number of benzene rings is 3. The van der Waals surface area contributed by atoms with E-state index in [2.05, 4.69) is 0 Å². The van der Waals surface area contributed by atoms with E-state index >= 15 is 0 Å². The first-order valence-electron chi connectivity index (χ1n) is 9.88. The number of hydrogen-bond donors (Lipinski definition) is 3. The fraction of sp³-hybridized carbons (Fsp3) is 0.182. The Labute approximate surface area is 176 Å². The van der Waals surface area contributed by atoms with Crippen LogP contribution in [0, 0.1) is 0 Å². The Kier molecular flexibility index (Phi) is 4.36. The molecule has 0 amide bonds. The molecule has 0 aliphatic carbocycles. The van der Waals surface area contributed by atoms with E-state index < -0.39 is 13.8 Å². The summed E-state index contributed by atoms with van der Waals surface area (Å²) in [5.74, 6) is 2.37. The number of hydrogen-bond acceptors (Lipinski definition) is 7. The van der Waals surface area contributed by atoms with Crippen molar-refractivity contribution >= 4 is 23.9 Å². The van der Waals surface area contributed by atoms with E-state index in [0.717, 1.165) is 24.0 Å². The van der Waals surface area contributed by atoms with Crippen molar-refractivity contribution in [2.24, 2.45) is 11.5 Å². The van der Waals surface area contributed by atoms with Gasteiger partial charge < -0.3 is 0 Å². The molecular formula is C22H24AsN3O4. The van der Waals surface area contributed by atoms with Gasteiger partial charge in [0.2, 0.25) is 0 Å². The standard InChI is InChI=1S/C22H24AsN3O4/c24-11-9-15-1-7-19-21(13-15)29-23(27-19,17-3-5-18(26)6-4-17)28-20-8-2-16(10-12-25)14-22(20)30-23/h1-8,13-14H,9-12,24-26H2. The van der Waals surface area contributed by atoms with E-state index in [4.69, 9.17) is 32.1 Å². The van der Waals surface area contributed by atoms with E-state index in [0.29, 0.717) is 46.1 Å². The van der Waals surface area contributed by atoms with Gasteiger partial charge in [-0.05, 0) is 0 Å². The summed E-state index contributed by atoms with van der Waals surface area (Å²) in [6.07, 6.45) is 1.48.